The van der Waals surface area contributed by atoms with Gasteiger partial charge in [-0.25, -0.2) is 5.10 Å². The minimum Gasteiger partial charge on any atom is -0.484 e. The van der Waals surface area contributed by atoms with E-state index in [4.69, 9.17) is 49.0 Å². The zero-order valence-electron chi connectivity index (χ0n) is 14.1. The molecule has 142 valence electrons. The Morgan fingerprint density at radius 2 is 2.14 bits per heavy atom. The molecular weight excluding hydrogens is 423 g/mol. The van der Waals surface area contributed by atoms with Gasteiger partial charge in [0, 0.05) is 11.1 Å². The zero-order valence-corrected chi connectivity index (χ0v) is 16.5. The lowest BCUT2D eigenvalue weighted by molar-refractivity contribution is 0.270. The normalized spacial score (nSPS) is 11.4. The molecule has 0 aliphatic heterocycles. The van der Waals surface area contributed by atoms with Crippen LogP contribution in [0.15, 0.2) is 62.7 Å². The molecule has 0 fully saturated rings. The first kappa shape index (κ1) is 18.5. The topological polar surface area (TPSA) is 81.5 Å². The molecule has 0 amide bonds. The summed E-state index contributed by atoms with van der Waals surface area (Å²) in [4.78, 5) is 0. The summed E-state index contributed by atoms with van der Waals surface area (Å²) in [6.07, 6.45) is 3.07. The SMILES string of the molecule is S=c1[nH]nc(-c2ccco2)n1/N=C\c1ccc(COc2cc(Cl)ccc2Cl)o1. The number of ether oxygens (including phenoxy) is 1. The third-order valence-corrected chi connectivity index (χ3v) is 4.45. The van der Waals surface area contributed by atoms with E-state index in [9.17, 15) is 0 Å². The number of furan rings is 2. The molecule has 1 N–H and O–H groups in total. The molecule has 0 atom stereocenters. The van der Waals surface area contributed by atoms with Gasteiger partial charge in [0.15, 0.2) is 5.76 Å². The highest BCUT2D eigenvalue weighted by Crippen LogP contribution is 2.28. The van der Waals surface area contributed by atoms with Gasteiger partial charge in [0.1, 0.15) is 23.9 Å². The van der Waals surface area contributed by atoms with Crippen molar-refractivity contribution in [3.63, 3.8) is 0 Å². The number of hydrogen-bond donors (Lipinski definition) is 1. The van der Waals surface area contributed by atoms with Crippen molar-refractivity contribution >= 4 is 41.6 Å². The Bertz CT molecular complexity index is 1180. The summed E-state index contributed by atoms with van der Waals surface area (Å²) in [5.41, 5.74) is 0. The Morgan fingerprint density at radius 1 is 1.25 bits per heavy atom. The van der Waals surface area contributed by atoms with Crippen LogP contribution in [0.1, 0.15) is 11.5 Å². The average molecular weight is 435 g/mol. The summed E-state index contributed by atoms with van der Waals surface area (Å²) < 4.78 is 18.5. The van der Waals surface area contributed by atoms with Crippen molar-refractivity contribution in [3.8, 4) is 17.3 Å². The Morgan fingerprint density at radius 3 is 2.96 bits per heavy atom. The molecule has 0 spiro atoms. The molecule has 0 saturated carbocycles. The van der Waals surface area contributed by atoms with Gasteiger partial charge >= 0.3 is 0 Å². The monoisotopic (exact) mass is 434 g/mol. The van der Waals surface area contributed by atoms with E-state index in [1.54, 1.807) is 48.7 Å². The molecule has 3 aromatic heterocycles. The third kappa shape index (κ3) is 4.04. The van der Waals surface area contributed by atoms with E-state index >= 15 is 0 Å². The van der Waals surface area contributed by atoms with Gasteiger partial charge in [0.25, 0.3) is 0 Å². The van der Waals surface area contributed by atoms with Crippen LogP contribution in [-0.2, 0) is 6.61 Å². The molecule has 0 bridgehead atoms. The van der Waals surface area contributed by atoms with Crippen molar-refractivity contribution in [1.29, 1.82) is 0 Å². The number of rotatable bonds is 6. The maximum atomic E-state index is 6.08. The molecule has 0 radical (unpaired) electrons. The second-order valence-electron chi connectivity index (χ2n) is 5.55. The second-order valence-corrected chi connectivity index (χ2v) is 6.78. The van der Waals surface area contributed by atoms with E-state index < -0.39 is 0 Å². The van der Waals surface area contributed by atoms with Crippen LogP contribution in [0.4, 0.5) is 0 Å². The molecule has 4 aromatic rings. The van der Waals surface area contributed by atoms with Gasteiger partial charge in [-0.3, -0.25) is 0 Å². The van der Waals surface area contributed by atoms with Gasteiger partial charge in [-0.2, -0.15) is 9.78 Å². The van der Waals surface area contributed by atoms with Gasteiger partial charge in [0.05, 0.1) is 17.5 Å². The van der Waals surface area contributed by atoms with Crippen molar-refractivity contribution in [2.45, 2.75) is 6.61 Å². The van der Waals surface area contributed by atoms with Crippen molar-refractivity contribution < 1.29 is 13.6 Å². The Balaban J connectivity index is 1.48. The number of aromatic amines is 1. The molecule has 0 saturated heterocycles. The molecule has 28 heavy (non-hydrogen) atoms. The largest absolute Gasteiger partial charge is 0.484 e. The highest BCUT2D eigenvalue weighted by atomic mass is 35.5. The number of H-pyrrole nitrogens is 1. The van der Waals surface area contributed by atoms with Crippen LogP contribution in [0, 0.1) is 4.77 Å². The van der Waals surface area contributed by atoms with Crippen molar-refractivity contribution in [2.24, 2.45) is 5.10 Å². The molecule has 10 heteroatoms. The van der Waals surface area contributed by atoms with Crippen molar-refractivity contribution in [2.75, 3.05) is 0 Å². The molecule has 3 heterocycles. The summed E-state index contributed by atoms with van der Waals surface area (Å²) >= 11 is 17.2. The van der Waals surface area contributed by atoms with Gasteiger partial charge < -0.3 is 13.6 Å². The summed E-state index contributed by atoms with van der Waals surface area (Å²) in [5, 5.41) is 12.1. The molecule has 0 aliphatic carbocycles. The van der Waals surface area contributed by atoms with Gasteiger partial charge in [-0.05, 0) is 48.6 Å². The third-order valence-electron chi connectivity index (χ3n) is 3.64. The maximum Gasteiger partial charge on any atom is 0.219 e. The highest BCUT2D eigenvalue weighted by molar-refractivity contribution is 7.71. The fourth-order valence-corrected chi connectivity index (χ4v) is 2.87. The fourth-order valence-electron chi connectivity index (χ4n) is 2.36. The van der Waals surface area contributed by atoms with Crippen LogP contribution in [0.25, 0.3) is 11.6 Å². The number of hydrogen-bond acceptors (Lipinski definition) is 6. The minimum atomic E-state index is 0.191. The number of nitrogens with zero attached hydrogens (tertiary/aromatic N) is 3. The maximum absolute atomic E-state index is 6.08. The molecule has 4 rings (SSSR count). The predicted octanol–water partition coefficient (Wildman–Crippen LogP) is 5.56. The molecular formula is C18H12Cl2N4O3S. The van der Waals surface area contributed by atoms with Crippen LogP contribution in [-0.4, -0.2) is 21.1 Å². The lowest BCUT2D eigenvalue weighted by Crippen LogP contribution is -1.95. The van der Waals surface area contributed by atoms with Gasteiger partial charge in [-0.15, -0.1) is 5.10 Å². The summed E-state index contributed by atoms with van der Waals surface area (Å²) in [5.74, 6) is 2.59. The van der Waals surface area contributed by atoms with Crippen molar-refractivity contribution in [1.82, 2.24) is 14.9 Å². The van der Waals surface area contributed by atoms with Gasteiger partial charge in [0.2, 0.25) is 10.6 Å². The van der Waals surface area contributed by atoms with E-state index in [1.165, 1.54) is 10.9 Å². The number of aromatic nitrogens is 3. The predicted molar refractivity (Wildman–Crippen MR) is 108 cm³/mol. The van der Waals surface area contributed by atoms with E-state index in [-0.39, 0.29) is 6.61 Å². The van der Waals surface area contributed by atoms with Crippen LogP contribution in [0.3, 0.4) is 0 Å². The molecule has 0 aliphatic rings. The molecule has 7 nitrogen and oxygen atoms in total. The molecule has 0 unspecified atom stereocenters. The number of halogens is 2. The van der Waals surface area contributed by atoms with Crippen LogP contribution >= 0.6 is 35.4 Å². The summed E-state index contributed by atoms with van der Waals surface area (Å²) in [7, 11) is 0. The first-order valence-electron chi connectivity index (χ1n) is 8.02. The summed E-state index contributed by atoms with van der Waals surface area (Å²) in [6.45, 7) is 0.191. The van der Waals surface area contributed by atoms with Crippen LogP contribution < -0.4 is 4.74 Å². The van der Waals surface area contributed by atoms with Crippen LogP contribution in [0.2, 0.25) is 10.0 Å². The van der Waals surface area contributed by atoms with Gasteiger partial charge in [-0.1, -0.05) is 23.2 Å². The number of benzene rings is 1. The smallest absolute Gasteiger partial charge is 0.219 e. The number of nitrogens with one attached hydrogen (secondary N) is 1. The zero-order chi connectivity index (χ0) is 19.5. The average Bonchev–Trinajstić information content (AvgIpc) is 3.42. The fraction of sp³-hybridized carbons (Fsp3) is 0.0556. The van der Waals surface area contributed by atoms with E-state index in [2.05, 4.69) is 15.3 Å². The van der Waals surface area contributed by atoms with E-state index in [0.29, 0.717) is 43.7 Å². The highest BCUT2D eigenvalue weighted by Gasteiger charge is 2.11. The first-order valence-corrected chi connectivity index (χ1v) is 9.19. The first-order chi connectivity index (χ1) is 13.6. The Kier molecular flexibility index (Phi) is 5.34. The van der Waals surface area contributed by atoms with E-state index in [0.717, 1.165) is 0 Å². The minimum absolute atomic E-state index is 0.191. The Labute approximate surface area is 174 Å². The van der Waals surface area contributed by atoms with Crippen molar-refractivity contribution in [3.05, 3.63) is 75.1 Å². The van der Waals surface area contributed by atoms with Crippen LogP contribution in [0.5, 0.6) is 5.75 Å². The second kappa shape index (κ2) is 8.05. The molecule has 1 aromatic carbocycles. The lowest BCUT2D eigenvalue weighted by atomic mass is 10.3. The van der Waals surface area contributed by atoms with E-state index in [1.807, 2.05) is 0 Å². The Hall–Kier alpha value is -2.81. The summed E-state index contributed by atoms with van der Waals surface area (Å²) in [6, 6.07) is 12.1. The lowest BCUT2D eigenvalue weighted by Gasteiger charge is -2.06. The standard InChI is InChI=1S/C18H12Cl2N4O3S/c19-11-3-6-14(20)16(8-11)26-10-13-5-4-12(27-13)9-21-24-17(22-23-18(24)28)15-2-1-7-25-15/h1-9H,10H2,(H,23,28)/b21-9-. The quantitative estimate of drug-likeness (QED) is 0.317.